The molecule has 0 spiro atoms. The summed E-state index contributed by atoms with van der Waals surface area (Å²) in [5.41, 5.74) is 2.72. The largest absolute Gasteiger partial charge is 0.491 e. The van der Waals surface area contributed by atoms with Crippen LogP contribution in [0, 0.1) is 5.92 Å². The summed E-state index contributed by atoms with van der Waals surface area (Å²) in [7, 11) is 0. The molecule has 0 fully saturated rings. The highest BCUT2D eigenvalue weighted by Crippen LogP contribution is 2.24. The molecule has 230 valence electrons. The highest BCUT2D eigenvalue weighted by Gasteiger charge is 2.12. The average molecular weight is 593 g/mol. The van der Waals surface area contributed by atoms with Gasteiger partial charge in [0, 0.05) is 0 Å². The number of hydrogen-bond acceptors (Lipinski definition) is 9. The van der Waals surface area contributed by atoms with Crippen LogP contribution in [-0.4, -0.2) is 63.7 Å². The number of rotatable bonds is 17. The van der Waals surface area contributed by atoms with E-state index in [1.54, 1.807) is 48.5 Å². The van der Waals surface area contributed by atoms with E-state index >= 15 is 0 Å². The molecule has 0 N–H and O–H groups in total. The van der Waals surface area contributed by atoms with Crippen LogP contribution in [0.1, 0.15) is 54.8 Å². The van der Waals surface area contributed by atoms with E-state index in [4.69, 9.17) is 28.4 Å². The third kappa shape index (κ3) is 11.5. The van der Waals surface area contributed by atoms with Gasteiger partial charge in [0.05, 0.1) is 49.6 Å². The molecule has 0 aliphatic heterocycles. The first-order valence-electron chi connectivity index (χ1n) is 14.5. The normalized spacial score (nSPS) is 11.6. The standard InChI is InChI=1S/C34H40O9/c1-5-25(4)32(35)41-23-21-39-19-18-38-20-22-40-30-14-12-29(13-15-30)34(37)43-31-16-10-27(11-17-31)26-6-8-28(9-7-26)33(36)42-24(2)3/h6-17,24-25H,5,18-23H2,1-4H3. The van der Waals surface area contributed by atoms with Crippen LogP contribution in [0.5, 0.6) is 11.5 Å². The molecule has 1 atom stereocenters. The Morgan fingerprint density at radius 3 is 1.67 bits per heavy atom. The van der Waals surface area contributed by atoms with Crippen LogP contribution in [-0.2, 0) is 23.7 Å². The minimum atomic E-state index is -0.481. The molecule has 1 unspecified atom stereocenters. The molecule has 3 rings (SSSR count). The van der Waals surface area contributed by atoms with E-state index in [-0.39, 0.29) is 30.6 Å². The quantitative estimate of drug-likeness (QED) is 0.104. The Bertz CT molecular complexity index is 1280. The molecule has 0 aliphatic carbocycles. The van der Waals surface area contributed by atoms with Gasteiger partial charge in [-0.15, -0.1) is 0 Å². The number of hydrogen-bond donors (Lipinski definition) is 0. The molecule has 0 heterocycles. The number of esters is 3. The van der Waals surface area contributed by atoms with Crippen molar-refractivity contribution in [2.75, 3.05) is 39.6 Å². The maximum absolute atomic E-state index is 12.6. The first-order chi connectivity index (χ1) is 20.8. The second-order valence-corrected chi connectivity index (χ2v) is 10.0. The molecule has 3 aromatic carbocycles. The first-order valence-corrected chi connectivity index (χ1v) is 14.5. The second kappa shape index (κ2) is 17.7. The summed E-state index contributed by atoms with van der Waals surface area (Å²) >= 11 is 0. The van der Waals surface area contributed by atoms with Gasteiger partial charge in [-0.1, -0.05) is 38.1 Å². The monoisotopic (exact) mass is 592 g/mol. The van der Waals surface area contributed by atoms with Crippen LogP contribution >= 0.6 is 0 Å². The van der Waals surface area contributed by atoms with Gasteiger partial charge in [-0.2, -0.15) is 0 Å². The van der Waals surface area contributed by atoms with Gasteiger partial charge in [0.2, 0.25) is 0 Å². The molecule has 3 aromatic rings. The minimum absolute atomic E-state index is 0.0977. The van der Waals surface area contributed by atoms with Gasteiger partial charge in [0.25, 0.3) is 0 Å². The molecular weight excluding hydrogens is 552 g/mol. The maximum atomic E-state index is 12.6. The lowest BCUT2D eigenvalue weighted by molar-refractivity contribution is -0.149. The number of carbonyl (C=O) groups is 3. The van der Waals surface area contributed by atoms with Crippen LogP contribution in [0.4, 0.5) is 0 Å². The lowest BCUT2D eigenvalue weighted by Crippen LogP contribution is -2.18. The second-order valence-electron chi connectivity index (χ2n) is 10.0. The van der Waals surface area contributed by atoms with Crippen molar-refractivity contribution >= 4 is 17.9 Å². The van der Waals surface area contributed by atoms with Crippen LogP contribution in [0.25, 0.3) is 11.1 Å². The molecule has 9 nitrogen and oxygen atoms in total. The molecule has 43 heavy (non-hydrogen) atoms. The molecule has 0 amide bonds. The summed E-state index contributed by atoms with van der Waals surface area (Å²) in [6, 6.07) is 21.0. The molecule has 0 saturated heterocycles. The van der Waals surface area contributed by atoms with Crippen molar-refractivity contribution in [2.45, 2.75) is 40.2 Å². The van der Waals surface area contributed by atoms with Crippen molar-refractivity contribution in [2.24, 2.45) is 5.92 Å². The summed E-state index contributed by atoms with van der Waals surface area (Å²) in [6.07, 6.45) is 0.574. The summed E-state index contributed by atoms with van der Waals surface area (Å²) in [5, 5.41) is 0. The highest BCUT2D eigenvalue weighted by atomic mass is 16.6. The Morgan fingerprint density at radius 1 is 0.605 bits per heavy atom. The van der Waals surface area contributed by atoms with E-state index in [0.717, 1.165) is 17.5 Å². The third-order valence-corrected chi connectivity index (χ3v) is 6.31. The van der Waals surface area contributed by atoms with Gasteiger partial charge in [-0.3, -0.25) is 4.79 Å². The van der Waals surface area contributed by atoms with E-state index in [9.17, 15) is 14.4 Å². The Morgan fingerprint density at radius 2 is 1.09 bits per heavy atom. The Hall–Kier alpha value is -4.21. The van der Waals surface area contributed by atoms with Crippen molar-refractivity contribution < 1.29 is 42.8 Å². The Balaban J connectivity index is 1.33. The topological polar surface area (TPSA) is 107 Å². The summed E-state index contributed by atoms with van der Waals surface area (Å²) in [4.78, 5) is 36.2. The zero-order chi connectivity index (χ0) is 31.0. The fourth-order valence-electron chi connectivity index (χ4n) is 3.70. The molecule has 0 bridgehead atoms. The van der Waals surface area contributed by atoms with Crippen molar-refractivity contribution in [3.8, 4) is 22.6 Å². The molecule has 0 aliphatic rings. The van der Waals surface area contributed by atoms with Crippen molar-refractivity contribution in [3.05, 3.63) is 83.9 Å². The van der Waals surface area contributed by atoms with Gasteiger partial charge in [0.15, 0.2) is 0 Å². The molecular formula is C34H40O9. The van der Waals surface area contributed by atoms with Crippen molar-refractivity contribution in [1.29, 1.82) is 0 Å². The minimum Gasteiger partial charge on any atom is -0.491 e. The molecule has 0 aromatic heterocycles. The third-order valence-electron chi connectivity index (χ3n) is 6.31. The molecule has 0 saturated carbocycles. The van der Waals surface area contributed by atoms with Crippen LogP contribution < -0.4 is 9.47 Å². The predicted octanol–water partition coefficient (Wildman–Crippen LogP) is 6.14. The van der Waals surface area contributed by atoms with E-state index in [2.05, 4.69) is 0 Å². The average Bonchev–Trinajstić information content (AvgIpc) is 3.01. The van der Waals surface area contributed by atoms with Gasteiger partial charge in [-0.25, -0.2) is 9.59 Å². The summed E-state index contributed by atoms with van der Waals surface area (Å²) < 4.78 is 32.4. The Labute approximate surface area is 253 Å². The van der Waals surface area contributed by atoms with Gasteiger partial charge in [-0.05, 0) is 79.9 Å². The lowest BCUT2D eigenvalue weighted by atomic mass is 10.0. The highest BCUT2D eigenvalue weighted by molar-refractivity contribution is 5.91. The van der Waals surface area contributed by atoms with Gasteiger partial charge >= 0.3 is 17.9 Å². The lowest BCUT2D eigenvalue weighted by Gasteiger charge is -2.10. The number of benzene rings is 3. The zero-order valence-electron chi connectivity index (χ0n) is 25.2. The SMILES string of the molecule is CCC(C)C(=O)OCCOCCOCCOc1ccc(C(=O)Oc2ccc(-c3ccc(C(=O)OC(C)C)cc3)cc2)cc1. The van der Waals surface area contributed by atoms with Crippen molar-refractivity contribution in [3.63, 3.8) is 0 Å². The smallest absolute Gasteiger partial charge is 0.343 e. The van der Waals surface area contributed by atoms with E-state index in [1.165, 1.54) is 0 Å². The Kier molecular flexibility index (Phi) is 13.7. The van der Waals surface area contributed by atoms with E-state index < -0.39 is 5.97 Å². The summed E-state index contributed by atoms with van der Waals surface area (Å²) in [6.45, 7) is 9.47. The summed E-state index contributed by atoms with van der Waals surface area (Å²) in [5.74, 6) is -0.120. The predicted molar refractivity (Wildman–Crippen MR) is 161 cm³/mol. The zero-order valence-corrected chi connectivity index (χ0v) is 25.2. The van der Waals surface area contributed by atoms with Crippen LogP contribution in [0.2, 0.25) is 0 Å². The fraction of sp³-hybridized carbons (Fsp3) is 0.382. The first kappa shape index (κ1) is 33.3. The van der Waals surface area contributed by atoms with E-state index in [1.807, 2.05) is 52.0 Å². The van der Waals surface area contributed by atoms with Gasteiger partial charge < -0.3 is 28.4 Å². The van der Waals surface area contributed by atoms with Gasteiger partial charge in [0.1, 0.15) is 24.7 Å². The van der Waals surface area contributed by atoms with Crippen LogP contribution in [0.15, 0.2) is 72.8 Å². The van der Waals surface area contributed by atoms with Crippen LogP contribution in [0.3, 0.4) is 0 Å². The van der Waals surface area contributed by atoms with E-state index in [0.29, 0.717) is 55.7 Å². The molecule has 9 heteroatoms. The fourth-order valence-corrected chi connectivity index (χ4v) is 3.70. The molecule has 0 radical (unpaired) electrons. The van der Waals surface area contributed by atoms with Crippen molar-refractivity contribution in [1.82, 2.24) is 0 Å². The number of carbonyl (C=O) groups excluding carboxylic acids is 3. The number of ether oxygens (including phenoxy) is 6. The maximum Gasteiger partial charge on any atom is 0.343 e.